The smallest absolute Gasteiger partial charge is 0.308 e. The van der Waals surface area contributed by atoms with Crippen molar-refractivity contribution in [1.29, 1.82) is 0 Å². The number of halogens is 2. The molecule has 4 nitrogen and oxygen atoms in total. The fourth-order valence-electron chi connectivity index (χ4n) is 1.53. The Kier molecular flexibility index (Phi) is 6.05. The van der Waals surface area contributed by atoms with Crippen LogP contribution in [0.2, 0.25) is 10.0 Å². The van der Waals surface area contributed by atoms with Crippen LogP contribution in [-0.4, -0.2) is 35.5 Å². The first-order valence-electron chi connectivity index (χ1n) is 5.93. The van der Waals surface area contributed by atoms with Gasteiger partial charge in [0.05, 0.1) is 5.92 Å². The lowest BCUT2D eigenvalue weighted by atomic mass is 10.1. The third-order valence-electron chi connectivity index (χ3n) is 2.74. The van der Waals surface area contributed by atoms with E-state index in [1.807, 2.05) is 0 Å². The van der Waals surface area contributed by atoms with Crippen molar-refractivity contribution in [2.75, 3.05) is 13.6 Å². The normalized spacial score (nSPS) is 12.4. The van der Waals surface area contributed by atoms with Gasteiger partial charge in [0.25, 0.3) is 0 Å². The number of hydrogen-bond acceptors (Lipinski definition) is 2. The highest BCUT2D eigenvalue weighted by molar-refractivity contribution is 6.37. The highest BCUT2D eigenvalue weighted by Crippen LogP contribution is 2.25. The zero-order chi connectivity index (χ0) is 15.3. The van der Waals surface area contributed by atoms with E-state index in [-0.39, 0.29) is 12.5 Å². The van der Waals surface area contributed by atoms with Crippen molar-refractivity contribution in [2.45, 2.75) is 6.92 Å². The second-order valence-corrected chi connectivity index (χ2v) is 5.24. The van der Waals surface area contributed by atoms with Gasteiger partial charge >= 0.3 is 5.97 Å². The van der Waals surface area contributed by atoms with Crippen LogP contribution in [0.4, 0.5) is 0 Å². The summed E-state index contributed by atoms with van der Waals surface area (Å²) in [5, 5.41) is 9.70. The van der Waals surface area contributed by atoms with Crippen LogP contribution in [0.15, 0.2) is 24.3 Å². The van der Waals surface area contributed by atoms with Crippen LogP contribution in [-0.2, 0) is 9.59 Å². The highest BCUT2D eigenvalue weighted by Gasteiger charge is 2.15. The van der Waals surface area contributed by atoms with E-state index in [1.165, 1.54) is 17.1 Å². The van der Waals surface area contributed by atoms with Gasteiger partial charge in [-0.25, -0.2) is 0 Å². The minimum atomic E-state index is -0.942. The molecule has 6 heteroatoms. The Bertz CT molecular complexity index is 523. The van der Waals surface area contributed by atoms with Crippen molar-refractivity contribution in [3.8, 4) is 0 Å². The maximum absolute atomic E-state index is 11.9. The van der Waals surface area contributed by atoms with Crippen LogP contribution < -0.4 is 0 Å². The first-order valence-corrected chi connectivity index (χ1v) is 6.68. The molecule has 1 amide bonds. The molecule has 0 radical (unpaired) electrons. The van der Waals surface area contributed by atoms with Gasteiger partial charge in [-0.3, -0.25) is 9.59 Å². The van der Waals surface area contributed by atoms with Gasteiger partial charge < -0.3 is 10.0 Å². The van der Waals surface area contributed by atoms with E-state index in [2.05, 4.69) is 0 Å². The second kappa shape index (κ2) is 7.31. The standard InChI is InChI=1S/C14H15Cl2NO3/c1-9(14(19)20)8-17(2)13(18)7-6-10-11(15)4-3-5-12(10)16/h3-7,9H,8H2,1-2H3,(H,19,20). The topological polar surface area (TPSA) is 57.6 Å². The van der Waals surface area contributed by atoms with Crippen molar-refractivity contribution in [3.63, 3.8) is 0 Å². The Labute approximate surface area is 127 Å². The number of hydrogen-bond donors (Lipinski definition) is 1. The molecule has 0 aliphatic heterocycles. The summed E-state index contributed by atoms with van der Waals surface area (Å²) in [5.41, 5.74) is 0.559. The molecule has 0 saturated heterocycles. The van der Waals surface area contributed by atoms with Crippen LogP contribution in [0.1, 0.15) is 12.5 Å². The lowest BCUT2D eigenvalue weighted by Gasteiger charge is -2.17. The predicted molar refractivity (Wildman–Crippen MR) is 79.9 cm³/mol. The van der Waals surface area contributed by atoms with Crippen LogP contribution >= 0.6 is 23.2 Å². The molecule has 1 rings (SSSR count). The summed E-state index contributed by atoms with van der Waals surface area (Å²) in [7, 11) is 1.54. The van der Waals surface area contributed by atoms with Crippen molar-refractivity contribution < 1.29 is 14.7 Å². The number of rotatable bonds is 5. The molecule has 1 aromatic carbocycles. The summed E-state index contributed by atoms with van der Waals surface area (Å²) >= 11 is 12.0. The molecule has 0 fully saturated rings. The van der Waals surface area contributed by atoms with E-state index in [0.717, 1.165) is 0 Å². The van der Waals surface area contributed by atoms with Crippen LogP contribution in [0.25, 0.3) is 6.08 Å². The first-order chi connectivity index (χ1) is 9.32. The number of carboxylic acids is 1. The Balaban J connectivity index is 2.75. The molecule has 0 aliphatic carbocycles. The molecule has 1 unspecified atom stereocenters. The van der Waals surface area contributed by atoms with Gasteiger partial charge in [-0.2, -0.15) is 0 Å². The lowest BCUT2D eigenvalue weighted by molar-refractivity contribution is -0.142. The Hall–Kier alpha value is -1.52. The van der Waals surface area contributed by atoms with Crippen LogP contribution in [0.5, 0.6) is 0 Å². The van der Waals surface area contributed by atoms with Gasteiger partial charge in [-0.1, -0.05) is 36.2 Å². The fraction of sp³-hybridized carbons (Fsp3) is 0.286. The molecule has 0 aliphatic rings. The quantitative estimate of drug-likeness (QED) is 0.849. The zero-order valence-electron chi connectivity index (χ0n) is 11.1. The van der Waals surface area contributed by atoms with Crippen molar-refractivity contribution in [2.24, 2.45) is 5.92 Å². The summed E-state index contributed by atoms with van der Waals surface area (Å²) in [6.45, 7) is 1.68. The van der Waals surface area contributed by atoms with Crippen LogP contribution in [0.3, 0.4) is 0 Å². The number of amides is 1. The maximum atomic E-state index is 11.9. The third kappa shape index (κ3) is 4.54. The summed E-state index contributed by atoms with van der Waals surface area (Å²) < 4.78 is 0. The first kappa shape index (κ1) is 16.5. The Morgan fingerprint density at radius 1 is 1.35 bits per heavy atom. The SMILES string of the molecule is CC(CN(C)C(=O)C=Cc1c(Cl)cccc1Cl)C(=O)O. The molecule has 0 spiro atoms. The molecular weight excluding hydrogens is 301 g/mol. The average Bonchev–Trinajstić information content (AvgIpc) is 2.37. The van der Waals surface area contributed by atoms with E-state index in [9.17, 15) is 9.59 Å². The van der Waals surface area contributed by atoms with Crippen LogP contribution in [0, 0.1) is 5.92 Å². The summed E-state index contributed by atoms with van der Waals surface area (Å²) in [6, 6.07) is 5.06. The van der Waals surface area contributed by atoms with E-state index in [1.54, 1.807) is 32.2 Å². The van der Waals surface area contributed by atoms with Gasteiger partial charge in [-0.15, -0.1) is 0 Å². The number of nitrogens with zero attached hydrogens (tertiary/aromatic N) is 1. The van der Waals surface area contributed by atoms with Gasteiger partial charge in [0.1, 0.15) is 0 Å². The number of benzene rings is 1. The molecule has 1 atom stereocenters. The van der Waals surface area contributed by atoms with E-state index in [0.29, 0.717) is 15.6 Å². The van der Waals surface area contributed by atoms with Gasteiger partial charge in [-0.05, 0) is 18.2 Å². The summed E-state index contributed by atoms with van der Waals surface area (Å²) in [4.78, 5) is 23.9. The average molecular weight is 316 g/mol. The fourth-order valence-corrected chi connectivity index (χ4v) is 2.05. The molecule has 0 heterocycles. The number of aliphatic carboxylic acids is 1. The second-order valence-electron chi connectivity index (χ2n) is 4.43. The molecule has 20 heavy (non-hydrogen) atoms. The summed E-state index contributed by atoms with van der Waals surface area (Å²) in [5.74, 6) is -1.88. The Morgan fingerprint density at radius 3 is 2.40 bits per heavy atom. The number of carbonyl (C=O) groups is 2. The van der Waals surface area contributed by atoms with Gasteiger partial charge in [0.15, 0.2) is 0 Å². The zero-order valence-corrected chi connectivity index (χ0v) is 12.6. The highest BCUT2D eigenvalue weighted by atomic mass is 35.5. The van der Waals surface area contributed by atoms with Crippen molar-refractivity contribution in [1.82, 2.24) is 4.90 Å². The largest absolute Gasteiger partial charge is 0.481 e. The van der Waals surface area contributed by atoms with Crippen molar-refractivity contribution in [3.05, 3.63) is 39.9 Å². The number of likely N-dealkylation sites (N-methyl/N-ethyl adjacent to an activating group) is 1. The molecule has 0 saturated carbocycles. The molecule has 0 aromatic heterocycles. The van der Waals surface area contributed by atoms with E-state index in [4.69, 9.17) is 28.3 Å². The summed E-state index contributed by atoms with van der Waals surface area (Å²) in [6.07, 6.45) is 2.84. The number of carboxylic acid groups (broad SMARTS) is 1. The molecule has 108 valence electrons. The maximum Gasteiger partial charge on any atom is 0.308 e. The van der Waals surface area contributed by atoms with E-state index >= 15 is 0 Å². The van der Waals surface area contributed by atoms with E-state index < -0.39 is 11.9 Å². The molecule has 0 bridgehead atoms. The van der Waals surface area contributed by atoms with Gasteiger partial charge in [0.2, 0.25) is 5.91 Å². The predicted octanol–water partition coefficient (Wildman–Crippen LogP) is 3.19. The molecule has 1 N–H and O–H groups in total. The lowest BCUT2D eigenvalue weighted by Crippen LogP contribution is -2.32. The minimum absolute atomic E-state index is 0.134. The number of carbonyl (C=O) groups excluding carboxylic acids is 1. The minimum Gasteiger partial charge on any atom is -0.481 e. The Morgan fingerprint density at radius 2 is 1.90 bits per heavy atom. The monoisotopic (exact) mass is 315 g/mol. The molecule has 1 aromatic rings. The van der Waals surface area contributed by atoms with Gasteiger partial charge in [0, 0.05) is 35.3 Å². The van der Waals surface area contributed by atoms with Crippen molar-refractivity contribution >= 4 is 41.2 Å². The molecular formula is C14H15Cl2NO3. The third-order valence-corrected chi connectivity index (χ3v) is 3.40.